The number of aliphatic hydroxyl groups excluding tert-OH is 1. The van der Waals surface area contributed by atoms with Crippen LogP contribution in [0.3, 0.4) is 0 Å². The van der Waals surface area contributed by atoms with Crippen molar-refractivity contribution in [3.63, 3.8) is 0 Å². The fraction of sp³-hybridized carbons (Fsp3) is 0.750. The summed E-state index contributed by atoms with van der Waals surface area (Å²) < 4.78 is 26.9. The third-order valence-corrected chi connectivity index (χ3v) is 3.52. The van der Waals surface area contributed by atoms with Gasteiger partial charge in [-0.3, -0.25) is 0 Å². The normalized spacial score (nSPS) is 11.9. The van der Waals surface area contributed by atoms with Gasteiger partial charge in [0.15, 0.2) is 0 Å². The van der Waals surface area contributed by atoms with E-state index < -0.39 is 10.0 Å². The Hall–Kier alpha value is -0.990. The monoisotopic (exact) mass is 248 g/mol. The second kappa shape index (κ2) is 5.92. The largest absolute Gasteiger partial charge is 0.396 e. The lowest BCUT2D eigenvalue weighted by molar-refractivity contribution is 0.295. The van der Waals surface area contributed by atoms with E-state index in [4.69, 9.17) is 5.11 Å². The zero-order valence-corrected chi connectivity index (χ0v) is 9.94. The molecule has 2 N–H and O–H groups in total. The maximum atomic E-state index is 11.3. The summed E-state index contributed by atoms with van der Waals surface area (Å²) in [6.07, 6.45) is 2.31. The van der Waals surface area contributed by atoms with Gasteiger partial charge in [0, 0.05) is 26.6 Å². The molecule has 0 aliphatic rings. The topological polar surface area (TPSA) is 97.1 Å². The van der Waals surface area contributed by atoms with Crippen LogP contribution in [-0.2, 0) is 23.5 Å². The number of rotatable bonds is 7. The summed E-state index contributed by atoms with van der Waals surface area (Å²) in [7, 11) is -1.48. The summed E-state index contributed by atoms with van der Waals surface area (Å²) >= 11 is 0. The molecule has 0 saturated carbocycles. The van der Waals surface area contributed by atoms with Crippen LogP contribution in [-0.4, -0.2) is 47.2 Å². The number of hydrogen-bond donors (Lipinski definition) is 2. The van der Waals surface area contributed by atoms with E-state index in [-0.39, 0.29) is 18.8 Å². The molecule has 1 aromatic rings. The van der Waals surface area contributed by atoms with Crippen molar-refractivity contribution in [3.8, 4) is 0 Å². The van der Waals surface area contributed by atoms with Gasteiger partial charge >= 0.3 is 0 Å². The molecule has 1 rings (SSSR count). The zero-order valence-electron chi connectivity index (χ0n) is 9.13. The Bertz CT molecular complexity index is 415. The minimum Gasteiger partial charge on any atom is -0.396 e. The fourth-order valence-electron chi connectivity index (χ4n) is 1.18. The summed E-state index contributed by atoms with van der Waals surface area (Å²) in [5.74, 6) is 0.673. The molecular weight excluding hydrogens is 232 g/mol. The number of nitrogens with zero attached hydrogens (tertiary/aromatic N) is 3. The van der Waals surface area contributed by atoms with Crippen molar-refractivity contribution >= 4 is 10.0 Å². The number of sulfonamides is 1. The Morgan fingerprint density at radius 2 is 2.31 bits per heavy atom. The molecule has 1 heterocycles. The van der Waals surface area contributed by atoms with E-state index in [1.165, 1.54) is 0 Å². The first-order chi connectivity index (χ1) is 7.55. The van der Waals surface area contributed by atoms with Gasteiger partial charge in [0.05, 0.1) is 5.75 Å². The van der Waals surface area contributed by atoms with Crippen molar-refractivity contribution in [2.75, 3.05) is 18.9 Å². The lowest BCUT2D eigenvalue weighted by Crippen LogP contribution is -2.29. The molecule has 0 bridgehead atoms. The summed E-state index contributed by atoms with van der Waals surface area (Å²) in [5.41, 5.74) is 0. The van der Waals surface area contributed by atoms with Crippen molar-refractivity contribution in [1.82, 2.24) is 19.5 Å². The van der Waals surface area contributed by atoms with Crippen LogP contribution in [0.4, 0.5) is 0 Å². The Labute approximate surface area is 94.6 Å². The standard InChI is InChI=1S/C8H16N4O3S/c1-12-7-9-11-8(12)3-4-10-16(14,15)6-2-5-13/h7,10,13H,2-6H2,1H3. The molecule has 0 aromatic carbocycles. The quantitative estimate of drug-likeness (QED) is 0.622. The predicted molar refractivity (Wildman–Crippen MR) is 58.2 cm³/mol. The first kappa shape index (κ1) is 13.1. The minimum absolute atomic E-state index is 0.0533. The van der Waals surface area contributed by atoms with Crippen LogP contribution in [0, 0.1) is 0 Å². The van der Waals surface area contributed by atoms with E-state index in [2.05, 4.69) is 14.9 Å². The van der Waals surface area contributed by atoms with Crippen molar-refractivity contribution in [1.29, 1.82) is 0 Å². The van der Waals surface area contributed by atoms with E-state index >= 15 is 0 Å². The van der Waals surface area contributed by atoms with Crippen LogP contribution in [0.1, 0.15) is 12.2 Å². The third kappa shape index (κ3) is 4.25. The average molecular weight is 248 g/mol. The Kier molecular flexibility index (Phi) is 4.84. The van der Waals surface area contributed by atoms with Crippen LogP contribution in [0.5, 0.6) is 0 Å². The Balaban J connectivity index is 2.33. The highest BCUT2D eigenvalue weighted by atomic mass is 32.2. The van der Waals surface area contributed by atoms with Gasteiger partial charge in [-0.25, -0.2) is 13.1 Å². The molecule has 0 aliphatic heterocycles. The molecule has 92 valence electrons. The van der Waals surface area contributed by atoms with Crippen LogP contribution >= 0.6 is 0 Å². The van der Waals surface area contributed by atoms with E-state index in [1.54, 1.807) is 17.9 Å². The van der Waals surface area contributed by atoms with Crippen molar-refractivity contribution in [2.45, 2.75) is 12.8 Å². The summed E-state index contributed by atoms with van der Waals surface area (Å²) in [6.45, 7) is 0.171. The highest BCUT2D eigenvalue weighted by molar-refractivity contribution is 7.89. The van der Waals surface area contributed by atoms with Gasteiger partial charge in [0.2, 0.25) is 10.0 Å². The van der Waals surface area contributed by atoms with Crippen LogP contribution < -0.4 is 4.72 Å². The van der Waals surface area contributed by atoms with Gasteiger partial charge < -0.3 is 9.67 Å². The van der Waals surface area contributed by atoms with Crippen molar-refractivity contribution < 1.29 is 13.5 Å². The van der Waals surface area contributed by atoms with Gasteiger partial charge in [0.25, 0.3) is 0 Å². The molecule has 0 amide bonds. The molecule has 8 heteroatoms. The Morgan fingerprint density at radius 1 is 1.56 bits per heavy atom. The molecular formula is C8H16N4O3S. The molecule has 0 aliphatic carbocycles. The molecule has 1 aromatic heterocycles. The summed E-state index contributed by atoms with van der Waals surface area (Å²) in [4.78, 5) is 0. The maximum Gasteiger partial charge on any atom is 0.211 e. The third-order valence-electron chi connectivity index (χ3n) is 2.05. The zero-order chi connectivity index (χ0) is 12.0. The second-order valence-corrected chi connectivity index (χ2v) is 5.32. The maximum absolute atomic E-state index is 11.3. The number of hydrogen-bond acceptors (Lipinski definition) is 5. The molecule has 16 heavy (non-hydrogen) atoms. The number of aromatic nitrogens is 3. The molecule has 0 saturated heterocycles. The van der Waals surface area contributed by atoms with Crippen LogP contribution in [0.25, 0.3) is 0 Å². The number of aliphatic hydroxyl groups is 1. The summed E-state index contributed by atoms with van der Waals surface area (Å²) in [5, 5.41) is 16.1. The molecule has 0 atom stereocenters. The highest BCUT2D eigenvalue weighted by Crippen LogP contribution is 1.93. The van der Waals surface area contributed by atoms with Gasteiger partial charge in [0.1, 0.15) is 12.2 Å². The molecule has 0 radical (unpaired) electrons. The van der Waals surface area contributed by atoms with E-state index in [0.717, 1.165) is 5.82 Å². The highest BCUT2D eigenvalue weighted by Gasteiger charge is 2.09. The van der Waals surface area contributed by atoms with Crippen molar-refractivity contribution in [2.24, 2.45) is 7.05 Å². The van der Waals surface area contributed by atoms with Gasteiger partial charge in [-0.2, -0.15) is 0 Å². The fourth-order valence-corrected chi connectivity index (χ4v) is 2.25. The number of nitrogens with one attached hydrogen (secondary N) is 1. The van der Waals surface area contributed by atoms with Crippen LogP contribution in [0.15, 0.2) is 6.33 Å². The minimum atomic E-state index is -3.28. The molecule has 0 spiro atoms. The molecule has 7 nitrogen and oxygen atoms in total. The lowest BCUT2D eigenvalue weighted by atomic mass is 10.4. The van der Waals surface area contributed by atoms with Crippen LogP contribution in [0.2, 0.25) is 0 Å². The van der Waals surface area contributed by atoms with Crippen molar-refractivity contribution in [3.05, 3.63) is 12.2 Å². The lowest BCUT2D eigenvalue weighted by Gasteiger charge is -2.05. The van der Waals surface area contributed by atoms with E-state index in [1.807, 2.05) is 0 Å². The predicted octanol–water partition coefficient (Wildman–Crippen LogP) is -1.34. The summed E-state index contributed by atoms with van der Waals surface area (Å²) in [6, 6.07) is 0. The van der Waals surface area contributed by atoms with Gasteiger partial charge in [-0.05, 0) is 6.42 Å². The van der Waals surface area contributed by atoms with E-state index in [0.29, 0.717) is 13.0 Å². The first-order valence-corrected chi connectivity index (χ1v) is 6.61. The second-order valence-electron chi connectivity index (χ2n) is 3.40. The first-order valence-electron chi connectivity index (χ1n) is 4.96. The average Bonchev–Trinajstić information content (AvgIpc) is 2.62. The number of aryl methyl sites for hydroxylation is 1. The van der Waals surface area contributed by atoms with E-state index in [9.17, 15) is 8.42 Å². The molecule has 0 fully saturated rings. The Morgan fingerprint density at radius 3 is 2.88 bits per heavy atom. The smallest absolute Gasteiger partial charge is 0.211 e. The van der Waals surface area contributed by atoms with Gasteiger partial charge in [-0.1, -0.05) is 0 Å². The van der Waals surface area contributed by atoms with Gasteiger partial charge in [-0.15, -0.1) is 10.2 Å². The SMILES string of the molecule is Cn1cnnc1CCNS(=O)(=O)CCCO. The molecule has 0 unspecified atom stereocenters.